The van der Waals surface area contributed by atoms with Crippen molar-refractivity contribution in [2.75, 3.05) is 5.73 Å². The summed E-state index contributed by atoms with van der Waals surface area (Å²) in [4.78, 5) is 20.6. The Labute approximate surface area is 135 Å². The Bertz CT molecular complexity index is 1080. The Morgan fingerprint density at radius 1 is 1.26 bits per heavy atom. The number of rotatable bonds is 2. The third-order valence-corrected chi connectivity index (χ3v) is 4.89. The SMILES string of the molecule is Cn1c(-c2csc3ncnc(N)c23)cc2ccc(C(N)=O)cc21. The molecule has 0 unspecified atom stereocenters. The molecular weight excluding hydrogens is 310 g/mol. The molecule has 0 saturated carbocycles. The first-order valence-corrected chi connectivity index (χ1v) is 7.81. The average Bonchev–Trinajstić information content (AvgIpc) is 3.09. The van der Waals surface area contributed by atoms with Crippen LogP contribution in [0.4, 0.5) is 5.82 Å². The van der Waals surface area contributed by atoms with Gasteiger partial charge in [0.1, 0.15) is 17.0 Å². The molecule has 1 aromatic carbocycles. The van der Waals surface area contributed by atoms with Gasteiger partial charge in [-0.2, -0.15) is 0 Å². The van der Waals surface area contributed by atoms with Gasteiger partial charge in [0, 0.05) is 34.5 Å². The minimum atomic E-state index is -0.437. The summed E-state index contributed by atoms with van der Waals surface area (Å²) in [5, 5.41) is 3.92. The van der Waals surface area contributed by atoms with Crippen LogP contribution in [0.2, 0.25) is 0 Å². The number of carbonyl (C=O) groups is 1. The molecule has 6 nitrogen and oxygen atoms in total. The molecule has 3 heterocycles. The molecule has 0 saturated heterocycles. The van der Waals surface area contributed by atoms with Crippen LogP contribution in [0.1, 0.15) is 10.4 Å². The molecule has 0 aliphatic heterocycles. The van der Waals surface area contributed by atoms with E-state index in [-0.39, 0.29) is 0 Å². The third kappa shape index (κ3) is 1.97. The van der Waals surface area contributed by atoms with E-state index in [0.29, 0.717) is 11.4 Å². The first-order chi connectivity index (χ1) is 11.1. The Balaban J connectivity index is 2.01. The molecule has 1 amide bonds. The van der Waals surface area contributed by atoms with Crippen LogP contribution < -0.4 is 11.5 Å². The van der Waals surface area contributed by atoms with Crippen molar-refractivity contribution in [2.45, 2.75) is 0 Å². The van der Waals surface area contributed by atoms with Crippen molar-refractivity contribution in [3.05, 3.63) is 41.5 Å². The summed E-state index contributed by atoms with van der Waals surface area (Å²) in [6, 6.07) is 7.49. The van der Waals surface area contributed by atoms with Crippen molar-refractivity contribution >= 4 is 44.2 Å². The number of benzene rings is 1. The number of anilines is 1. The van der Waals surface area contributed by atoms with Crippen LogP contribution in [0.5, 0.6) is 0 Å². The maximum absolute atomic E-state index is 11.4. The van der Waals surface area contributed by atoms with Crippen molar-refractivity contribution in [3.63, 3.8) is 0 Å². The molecule has 4 rings (SSSR count). The number of fused-ring (bicyclic) bond motifs is 2. The van der Waals surface area contributed by atoms with Crippen molar-refractivity contribution in [3.8, 4) is 11.3 Å². The van der Waals surface area contributed by atoms with Gasteiger partial charge < -0.3 is 16.0 Å². The molecule has 23 heavy (non-hydrogen) atoms. The Morgan fingerprint density at radius 3 is 2.87 bits per heavy atom. The van der Waals surface area contributed by atoms with E-state index in [9.17, 15) is 4.79 Å². The van der Waals surface area contributed by atoms with Gasteiger partial charge in [-0.3, -0.25) is 4.79 Å². The van der Waals surface area contributed by atoms with Crippen LogP contribution in [0.3, 0.4) is 0 Å². The zero-order valence-electron chi connectivity index (χ0n) is 12.3. The Kier molecular flexibility index (Phi) is 2.85. The van der Waals surface area contributed by atoms with Crippen LogP contribution in [-0.4, -0.2) is 20.4 Å². The Morgan fingerprint density at radius 2 is 2.09 bits per heavy atom. The fraction of sp³-hybridized carbons (Fsp3) is 0.0625. The lowest BCUT2D eigenvalue weighted by Crippen LogP contribution is -2.10. The standard InChI is InChI=1S/C16H13N5OS/c1-21-11-5-9(15(18)22)3-2-8(11)4-12(21)10-6-23-16-13(10)14(17)19-7-20-16/h2-7H,1H3,(H2,18,22)(H2,17,19,20). The number of nitrogens with zero attached hydrogens (tertiary/aromatic N) is 3. The third-order valence-electron chi connectivity index (χ3n) is 4.01. The van der Waals surface area contributed by atoms with E-state index in [4.69, 9.17) is 11.5 Å². The molecule has 0 atom stereocenters. The second-order valence-electron chi connectivity index (χ2n) is 5.31. The van der Waals surface area contributed by atoms with E-state index < -0.39 is 5.91 Å². The van der Waals surface area contributed by atoms with Crippen LogP contribution in [-0.2, 0) is 7.05 Å². The summed E-state index contributed by atoms with van der Waals surface area (Å²) >= 11 is 1.53. The second-order valence-corrected chi connectivity index (χ2v) is 6.17. The van der Waals surface area contributed by atoms with Crippen LogP contribution in [0.25, 0.3) is 32.4 Å². The predicted octanol–water partition coefficient (Wildman–Crippen LogP) is 2.53. The van der Waals surface area contributed by atoms with Gasteiger partial charge in [0.05, 0.1) is 11.1 Å². The molecule has 0 radical (unpaired) electrons. The van der Waals surface area contributed by atoms with Gasteiger partial charge in [0.2, 0.25) is 5.91 Å². The largest absolute Gasteiger partial charge is 0.383 e. The number of nitrogen functional groups attached to an aromatic ring is 1. The van der Waals surface area contributed by atoms with Crippen molar-refractivity contribution in [1.29, 1.82) is 0 Å². The smallest absolute Gasteiger partial charge is 0.248 e. The number of carbonyl (C=O) groups excluding carboxylic acids is 1. The Hall–Kier alpha value is -2.93. The molecule has 114 valence electrons. The van der Waals surface area contributed by atoms with E-state index in [1.807, 2.05) is 23.1 Å². The fourth-order valence-electron chi connectivity index (χ4n) is 2.83. The van der Waals surface area contributed by atoms with Crippen LogP contribution in [0, 0.1) is 0 Å². The summed E-state index contributed by atoms with van der Waals surface area (Å²) in [5.74, 6) is 0.0302. The van der Waals surface area contributed by atoms with E-state index in [1.54, 1.807) is 12.1 Å². The van der Waals surface area contributed by atoms with E-state index in [0.717, 1.165) is 32.4 Å². The molecule has 0 spiro atoms. The first kappa shape index (κ1) is 13.7. The van der Waals surface area contributed by atoms with Gasteiger partial charge in [-0.05, 0) is 18.2 Å². The highest BCUT2D eigenvalue weighted by Crippen LogP contribution is 2.37. The molecule has 0 bridgehead atoms. The number of amides is 1. The monoisotopic (exact) mass is 323 g/mol. The van der Waals surface area contributed by atoms with Gasteiger partial charge in [0.15, 0.2) is 0 Å². The number of aryl methyl sites for hydroxylation is 1. The van der Waals surface area contributed by atoms with Gasteiger partial charge in [0.25, 0.3) is 0 Å². The maximum atomic E-state index is 11.4. The molecule has 0 aliphatic rings. The van der Waals surface area contributed by atoms with Gasteiger partial charge in [-0.25, -0.2) is 9.97 Å². The minimum Gasteiger partial charge on any atom is -0.383 e. The topological polar surface area (TPSA) is 99.8 Å². The summed E-state index contributed by atoms with van der Waals surface area (Å²) < 4.78 is 2.02. The molecule has 7 heteroatoms. The van der Waals surface area contributed by atoms with E-state index in [2.05, 4.69) is 16.0 Å². The number of nitrogens with two attached hydrogens (primary N) is 2. The highest BCUT2D eigenvalue weighted by molar-refractivity contribution is 7.17. The number of hydrogen-bond donors (Lipinski definition) is 2. The molecule has 0 aliphatic carbocycles. The molecule has 4 aromatic rings. The highest BCUT2D eigenvalue weighted by Gasteiger charge is 2.16. The molecule has 3 aromatic heterocycles. The highest BCUT2D eigenvalue weighted by atomic mass is 32.1. The lowest BCUT2D eigenvalue weighted by atomic mass is 10.1. The van der Waals surface area contributed by atoms with Gasteiger partial charge >= 0.3 is 0 Å². The van der Waals surface area contributed by atoms with Gasteiger partial charge in [-0.15, -0.1) is 11.3 Å². The maximum Gasteiger partial charge on any atom is 0.248 e. The van der Waals surface area contributed by atoms with E-state index in [1.165, 1.54) is 17.7 Å². The molecule has 0 fully saturated rings. The lowest BCUT2D eigenvalue weighted by Gasteiger charge is -2.05. The first-order valence-electron chi connectivity index (χ1n) is 6.93. The lowest BCUT2D eigenvalue weighted by molar-refractivity contribution is 0.100. The van der Waals surface area contributed by atoms with E-state index >= 15 is 0 Å². The zero-order valence-corrected chi connectivity index (χ0v) is 13.1. The molecular formula is C16H13N5OS. The summed E-state index contributed by atoms with van der Waals surface area (Å²) in [6.07, 6.45) is 1.47. The van der Waals surface area contributed by atoms with Crippen molar-refractivity contribution in [1.82, 2.24) is 14.5 Å². The number of thiophene rings is 1. The van der Waals surface area contributed by atoms with Crippen molar-refractivity contribution < 1.29 is 4.79 Å². The van der Waals surface area contributed by atoms with Crippen molar-refractivity contribution in [2.24, 2.45) is 12.8 Å². The van der Waals surface area contributed by atoms with Crippen LogP contribution in [0.15, 0.2) is 36.0 Å². The normalized spacial score (nSPS) is 11.3. The quantitative estimate of drug-likeness (QED) is 0.592. The summed E-state index contributed by atoms with van der Waals surface area (Å²) in [6.45, 7) is 0. The zero-order chi connectivity index (χ0) is 16.1. The summed E-state index contributed by atoms with van der Waals surface area (Å²) in [7, 11) is 1.95. The minimum absolute atomic E-state index is 0.437. The molecule has 4 N–H and O–H groups in total. The number of aromatic nitrogens is 3. The average molecular weight is 323 g/mol. The second kappa shape index (κ2) is 4.79. The summed E-state index contributed by atoms with van der Waals surface area (Å²) in [5.41, 5.74) is 14.8. The fourth-order valence-corrected chi connectivity index (χ4v) is 3.74. The predicted molar refractivity (Wildman–Crippen MR) is 92.3 cm³/mol. The number of hydrogen-bond acceptors (Lipinski definition) is 5. The van der Waals surface area contributed by atoms with Crippen LogP contribution >= 0.6 is 11.3 Å². The van der Waals surface area contributed by atoms with Gasteiger partial charge in [-0.1, -0.05) is 6.07 Å². The number of primary amides is 1.